The number of amides is 1. The second kappa shape index (κ2) is 5.53. The van der Waals surface area contributed by atoms with Crippen LogP contribution in [0.1, 0.15) is 24.0 Å². The number of carbonyl (C=O) groups is 1. The van der Waals surface area contributed by atoms with E-state index in [1.165, 1.54) is 5.56 Å². The van der Waals surface area contributed by atoms with Crippen molar-refractivity contribution in [2.45, 2.75) is 32.2 Å². The van der Waals surface area contributed by atoms with Gasteiger partial charge in [0.05, 0.1) is 0 Å². The first-order valence-corrected chi connectivity index (χ1v) is 7.06. The molecule has 0 radical (unpaired) electrons. The highest BCUT2D eigenvalue weighted by Gasteiger charge is 2.26. The Morgan fingerprint density at radius 2 is 1.90 bits per heavy atom. The molecule has 1 aromatic rings. The Bertz CT molecular complexity index is 556. The molecular formula is C15H18N4O. The van der Waals surface area contributed by atoms with Gasteiger partial charge in [-0.25, -0.2) is 0 Å². The van der Waals surface area contributed by atoms with Crippen molar-refractivity contribution in [2.24, 2.45) is 15.2 Å². The van der Waals surface area contributed by atoms with Gasteiger partial charge in [-0.05, 0) is 25.3 Å². The number of hydrogen-bond acceptors (Lipinski definition) is 4. The van der Waals surface area contributed by atoms with Crippen molar-refractivity contribution in [3.8, 4) is 0 Å². The molecule has 2 aliphatic heterocycles. The normalized spacial score (nSPS) is 22.2. The minimum Gasteiger partial charge on any atom is -0.339 e. The van der Waals surface area contributed by atoms with E-state index < -0.39 is 6.04 Å². The maximum Gasteiger partial charge on any atom is 0.276 e. The van der Waals surface area contributed by atoms with Gasteiger partial charge in [0.15, 0.2) is 6.04 Å². The summed E-state index contributed by atoms with van der Waals surface area (Å²) < 4.78 is 0. The van der Waals surface area contributed by atoms with Gasteiger partial charge in [0.2, 0.25) is 5.96 Å². The summed E-state index contributed by atoms with van der Waals surface area (Å²) in [4.78, 5) is 18.2. The van der Waals surface area contributed by atoms with Crippen LogP contribution in [-0.4, -0.2) is 35.9 Å². The van der Waals surface area contributed by atoms with Gasteiger partial charge in [-0.2, -0.15) is 10.1 Å². The standard InChI is InChI=1S/C15H18N4O/c1-11-4-6-12(7-5-11)10-13-14(20)16-15(18-17-13)19-8-2-3-9-19/h4-7,13H,2-3,8-10H2,1H3. The Labute approximate surface area is 118 Å². The molecule has 0 saturated carbocycles. The molecule has 0 spiro atoms. The number of carbonyl (C=O) groups excluding carboxylic acids is 1. The molecule has 3 rings (SSSR count). The highest BCUT2D eigenvalue weighted by molar-refractivity contribution is 5.97. The van der Waals surface area contributed by atoms with Crippen molar-refractivity contribution in [1.82, 2.24) is 4.90 Å². The van der Waals surface area contributed by atoms with Gasteiger partial charge >= 0.3 is 0 Å². The number of guanidine groups is 1. The zero-order chi connectivity index (χ0) is 13.9. The average molecular weight is 270 g/mol. The Morgan fingerprint density at radius 1 is 1.20 bits per heavy atom. The summed E-state index contributed by atoms with van der Waals surface area (Å²) in [6, 6.07) is 7.66. The maximum atomic E-state index is 12.1. The first-order valence-electron chi connectivity index (χ1n) is 7.06. The number of aryl methyl sites for hydroxylation is 1. The molecule has 1 amide bonds. The molecule has 0 bridgehead atoms. The molecule has 1 fully saturated rings. The van der Waals surface area contributed by atoms with Gasteiger partial charge in [-0.15, -0.1) is 5.11 Å². The second-order valence-electron chi connectivity index (χ2n) is 5.37. The van der Waals surface area contributed by atoms with Crippen LogP contribution in [0.15, 0.2) is 39.5 Å². The summed E-state index contributed by atoms with van der Waals surface area (Å²) in [6.07, 6.45) is 2.84. The molecule has 104 valence electrons. The van der Waals surface area contributed by atoms with Gasteiger partial charge in [-0.3, -0.25) is 4.79 Å². The molecule has 1 aromatic carbocycles. The number of benzene rings is 1. The van der Waals surface area contributed by atoms with E-state index in [1.54, 1.807) is 0 Å². The van der Waals surface area contributed by atoms with Crippen molar-refractivity contribution in [1.29, 1.82) is 0 Å². The molecule has 5 heteroatoms. The Balaban J connectivity index is 1.67. The van der Waals surface area contributed by atoms with E-state index in [4.69, 9.17) is 0 Å². The highest BCUT2D eigenvalue weighted by Crippen LogP contribution is 2.16. The lowest BCUT2D eigenvalue weighted by Gasteiger charge is -2.19. The van der Waals surface area contributed by atoms with Crippen LogP contribution in [0.25, 0.3) is 0 Å². The van der Waals surface area contributed by atoms with E-state index in [9.17, 15) is 4.79 Å². The van der Waals surface area contributed by atoms with Crippen LogP contribution in [0.4, 0.5) is 0 Å². The SMILES string of the molecule is Cc1ccc(CC2N=NC(N3CCCC3)=NC2=O)cc1. The van der Waals surface area contributed by atoms with Crippen molar-refractivity contribution in [3.05, 3.63) is 35.4 Å². The van der Waals surface area contributed by atoms with Crippen LogP contribution in [0.3, 0.4) is 0 Å². The van der Waals surface area contributed by atoms with Gasteiger partial charge in [0.25, 0.3) is 5.91 Å². The molecule has 1 saturated heterocycles. The molecule has 0 N–H and O–H groups in total. The third kappa shape index (κ3) is 2.76. The van der Waals surface area contributed by atoms with Gasteiger partial charge < -0.3 is 4.90 Å². The minimum absolute atomic E-state index is 0.178. The van der Waals surface area contributed by atoms with Crippen LogP contribution >= 0.6 is 0 Å². The van der Waals surface area contributed by atoms with E-state index >= 15 is 0 Å². The van der Waals surface area contributed by atoms with E-state index in [0.717, 1.165) is 31.5 Å². The van der Waals surface area contributed by atoms with Crippen molar-refractivity contribution in [3.63, 3.8) is 0 Å². The molecule has 0 aromatic heterocycles. The lowest BCUT2D eigenvalue weighted by molar-refractivity contribution is -0.119. The van der Waals surface area contributed by atoms with Crippen molar-refractivity contribution < 1.29 is 4.79 Å². The molecule has 1 unspecified atom stereocenters. The first-order chi connectivity index (χ1) is 9.72. The summed E-state index contributed by atoms with van der Waals surface area (Å²) in [5.74, 6) is 0.315. The zero-order valence-electron chi connectivity index (χ0n) is 11.6. The molecule has 5 nitrogen and oxygen atoms in total. The molecular weight excluding hydrogens is 252 g/mol. The van der Waals surface area contributed by atoms with E-state index in [0.29, 0.717) is 12.4 Å². The highest BCUT2D eigenvalue weighted by atomic mass is 16.2. The van der Waals surface area contributed by atoms with E-state index in [1.807, 2.05) is 36.1 Å². The largest absolute Gasteiger partial charge is 0.339 e. The van der Waals surface area contributed by atoms with Crippen molar-refractivity contribution >= 4 is 11.9 Å². The van der Waals surface area contributed by atoms with Crippen LogP contribution in [-0.2, 0) is 11.2 Å². The number of rotatable bonds is 2. The fraction of sp³-hybridized carbons (Fsp3) is 0.467. The quantitative estimate of drug-likeness (QED) is 0.828. The molecule has 20 heavy (non-hydrogen) atoms. The number of likely N-dealkylation sites (tertiary alicyclic amines) is 1. The number of hydrogen-bond donors (Lipinski definition) is 0. The number of azo groups is 1. The molecule has 1 atom stereocenters. The Kier molecular flexibility index (Phi) is 3.58. The lowest BCUT2D eigenvalue weighted by Crippen LogP contribution is -2.32. The van der Waals surface area contributed by atoms with Crippen LogP contribution in [0.2, 0.25) is 0 Å². The topological polar surface area (TPSA) is 57.4 Å². The maximum absolute atomic E-state index is 12.1. The second-order valence-corrected chi connectivity index (χ2v) is 5.37. The fourth-order valence-electron chi connectivity index (χ4n) is 2.49. The van der Waals surface area contributed by atoms with Gasteiger partial charge in [0, 0.05) is 19.5 Å². The third-order valence-corrected chi connectivity index (χ3v) is 3.72. The number of aliphatic imine (C=N–C) groups is 1. The Morgan fingerprint density at radius 3 is 2.55 bits per heavy atom. The predicted molar refractivity (Wildman–Crippen MR) is 76.8 cm³/mol. The van der Waals surface area contributed by atoms with Crippen LogP contribution in [0.5, 0.6) is 0 Å². The fourth-order valence-corrected chi connectivity index (χ4v) is 2.49. The summed E-state index contributed by atoms with van der Waals surface area (Å²) in [5.41, 5.74) is 2.30. The lowest BCUT2D eigenvalue weighted by atomic mass is 10.0. The molecule has 2 heterocycles. The van der Waals surface area contributed by atoms with Crippen molar-refractivity contribution in [2.75, 3.05) is 13.1 Å². The molecule has 0 aliphatic carbocycles. The summed E-state index contributed by atoms with van der Waals surface area (Å²) in [7, 11) is 0. The summed E-state index contributed by atoms with van der Waals surface area (Å²) >= 11 is 0. The average Bonchev–Trinajstić information content (AvgIpc) is 2.97. The number of nitrogens with zero attached hydrogens (tertiary/aromatic N) is 4. The first kappa shape index (κ1) is 13.0. The van der Waals surface area contributed by atoms with Crippen LogP contribution < -0.4 is 0 Å². The van der Waals surface area contributed by atoms with Gasteiger partial charge in [-0.1, -0.05) is 29.8 Å². The van der Waals surface area contributed by atoms with Crippen LogP contribution in [0, 0.1) is 6.92 Å². The predicted octanol–water partition coefficient (Wildman–Crippen LogP) is 2.35. The monoisotopic (exact) mass is 270 g/mol. The summed E-state index contributed by atoms with van der Waals surface area (Å²) in [5, 5.41) is 8.29. The smallest absolute Gasteiger partial charge is 0.276 e. The van der Waals surface area contributed by atoms with E-state index in [2.05, 4.69) is 15.2 Å². The third-order valence-electron chi connectivity index (χ3n) is 3.72. The minimum atomic E-state index is -0.468. The summed E-state index contributed by atoms with van der Waals surface area (Å²) in [6.45, 7) is 3.89. The molecule has 2 aliphatic rings. The Hall–Kier alpha value is -2.04. The van der Waals surface area contributed by atoms with E-state index in [-0.39, 0.29) is 5.91 Å². The zero-order valence-corrected chi connectivity index (χ0v) is 11.6. The van der Waals surface area contributed by atoms with Gasteiger partial charge in [0.1, 0.15) is 0 Å².